The van der Waals surface area contributed by atoms with E-state index in [1.165, 1.54) is 11.1 Å². The third-order valence-corrected chi connectivity index (χ3v) is 6.61. The van der Waals surface area contributed by atoms with Crippen molar-refractivity contribution in [2.75, 3.05) is 39.3 Å². The maximum atomic E-state index is 12.9. The van der Waals surface area contributed by atoms with Crippen molar-refractivity contribution in [3.8, 4) is 0 Å². The molecule has 2 fully saturated rings. The van der Waals surface area contributed by atoms with Gasteiger partial charge >= 0.3 is 6.03 Å². The summed E-state index contributed by atoms with van der Waals surface area (Å²) in [5.74, 6) is 0. The number of rotatable bonds is 5. The molecule has 31 heavy (non-hydrogen) atoms. The number of carbonyl (C=O) groups excluding carboxylic acids is 1. The van der Waals surface area contributed by atoms with Crippen LogP contribution in [0.25, 0.3) is 0 Å². The molecule has 0 spiro atoms. The molecule has 0 aliphatic carbocycles. The number of carbonyl (C=O) groups is 1. The van der Waals surface area contributed by atoms with Gasteiger partial charge in [0.1, 0.15) is 0 Å². The van der Waals surface area contributed by atoms with E-state index in [9.17, 15) is 4.79 Å². The fourth-order valence-corrected chi connectivity index (χ4v) is 4.65. The highest BCUT2D eigenvalue weighted by Crippen LogP contribution is 2.16. The van der Waals surface area contributed by atoms with Crippen LogP contribution in [0, 0.1) is 0 Å². The summed E-state index contributed by atoms with van der Waals surface area (Å²) in [5, 5.41) is 4.08. The van der Waals surface area contributed by atoms with Crippen molar-refractivity contribution >= 4 is 17.6 Å². The summed E-state index contributed by atoms with van der Waals surface area (Å²) in [6, 6.07) is 19.1. The van der Waals surface area contributed by atoms with Gasteiger partial charge in [-0.15, -0.1) is 0 Å². The third-order valence-electron chi connectivity index (χ3n) is 6.36. The average molecular weight is 441 g/mol. The number of nitrogens with zero attached hydrogens (tertiary/aromatic N) is 3. The first-order valence-corrected chi connectivity index (χ1v) is 11.8. The molecule has 0 radical (unpaired) electrons. The molecule has 2 heterocycles. The van der Waals surface area contributed by atoms with Crippen molar-refractivity contribution in [1.29, 1.82) is 0 Å². The van der Waals surface area contributed by atoms with E-state index >= 15 is 0 Å². The van der Waals surface area contributed by atoms with Gasteiger partial charge in [0.25, 0.3) is 0 Å². The second-order valence-corrected chi connectivity index (χ2v) is 9.17. The Morgan fingerprint density at radius 2 is 1.45 bits per heavy atom. The van der Waals surface area contributed by atoms with Crippen molar-refractivity contribution in [3.63, 3.8) is 0 Å². The van der Waals surface area contributed by atoms with Crippen LogP contribution < -0.4 is 5.32 Å². The maximum absolute atomic E-state index is 12.9. The summed E-state index contributed by atoms with van der Waals surface area (Å²) < 4.78 is 0. The highest BCUT2D eigenvalue weighted by molar-refractivity contribution is 6.30. The number of nitrogens with one attached hydrogen (secondary N) is 1. The molecule has 2 aliphatic rings. The van der Waals surface area contributed by atoms with E-state index in [0.29, 0.717) is 0 Å². The van der Waals surface area contributed by atoms with Crippen LogP contribution in [0.4, 0.5) is 4.79 Å². The summed E-state index contributed by atoms with van der Waals surface area (Å²) >= 11 is 5.98. The number of benzene rings is 2. The Hall–Kier alpha value is -2.08. The van der Waals surface area contributed by atoms with Crippen molar-refractivity contribution in [3.05, 3.63) is 70.7 Å². The average Bonchev–Trinajstić information content (AvgIpc) is 3.03. The molecule has 5 nitrogen and oxygen atoms in total. The van der Waals surface area contributed by atoms with E-state index in [2.05, 4.69) is 57.6 Å². The van der Waals surface area contributed by atoms with Crippen LogP contribution in [0.5, 0.6) is 0 Å². The standard InChI is InChI=1S/C25H33ClN4O/c26-23-9-7-22(8-10-23)20-29-15-11-24(12-16-29)27-25(31)30-14-4-13-28(17-18-30)19-21-5-2-1-3-6-21/h1-3,5-10,24H,4,11-20H2,(H,27,31). The molecule has 0 aromatic heterocycles. The van der Waals surface area contributed by atoms with Gasteiger partial charge in [0.15, 0.2) is 0 Å². The minimum atomic E-state index is 0.109. The van der Waals surface area contributed by atoms with Crippen LogP contribution in [0.2, 0.25) is 5.02 Å². The van der Waals surface area contributed by atoms with Gasteiger partial charge in [0, 0.05) is 63.4 Å². The van der Waals surface area contributed by atoms with E-state index in [-0.39, 0.29) is 12.1 Å². The van der Waals surface area contributed by atoms with Crippen LogP contribution in [-0.4, -0.2) is 66.0 Å². The van der Waals surface area contributed by atoms with Gasteiger partial charge < -0.3 is 10.2 Å². The van der Waals surface area contributed by atoms with Crippen molar-refractivity contribution < 1.29 is 4.79 Å². The van der Waals surface area contributed by atoms with Crippen LogP contribution >= 0.6 is 11.6 Å². The van der Waals surface area contributed by atoms with Gasteiger partial charge in [-0.2, -0.15) is 0 Å². The van der Waals surface area contributed by atoms with Gasteiger partial charge in [-0.1, -0.05) is 54.1 Å². The number of likely N-dealkylation sites (tertiary alicyclic amines) is 1. The number of amides is 2. The number of urea groups is 1. The third kappa shape index (κ3) is 6.70. The SMILES string of the molecule is O=C(NC1CCN(Cc2ccc(Cl)cc2)CC1)N1CCCN(Cc2ccccc2)CC1. The maximum Gasteiger partial charge on any atom is 0.317 e. The summed E-state index contributed by atoms with van der Waals surface area (Å²) in [7, 11) is 0. The van der Waals surface area contributed by atoms with Crippen molar-refractivity contribution in [2.45, 2.75) is 38.4 Å². The summed E-state index contributed by atoms with van der Waals surface area (Å²) in [5.41, 5.74) is 2.63. The van der Waals surface area contributed by atoms with E-state index in [4.69, 9.17) is 11.6 Å². The Morgan fingerprint density at radius 3 is 2.16 bits per heavy atom. The molecule has 2 aromatic carbocycles. The fourth-order valence-electron chi connectivity index (χ4n) is 4.52. The minimum absolute atomic E-state index is 0.109. The molecule has 2 amide bonds. The largest absolute Gasteiger partial charge is 0.335 e. The Bertz CT molecular complexity index is 821. The second kappa shape index (κ2) is 11.0. The van der Waals surface area contributed by atoms with Gasteiger partial charge in [0.05, 0.1) is 0 Å². The zero-order chi connectivity index (χ0) is 21.5. The fraction of sp³-hybridized carbons (Fsp3) is 0.480. The van der Waals surface area contributed by atoms with Gasteiger partial charge in [0.2, 0.25) is 0 Å². The lowest BCUT2D eigenvalue weighted by atomic mass is 10.0. The topological polar surface area (TPSA) is 38.8 Å². The first kappa shape index (κ1) is 22.1. The molecule has 2 saturated heterocycles. The zero-order valence-electron chi connectivity index (χ0n) is 18.2. The molecule has 166 valence electrons. The van der Waals surface area contributed by atoms with Crippen LogP contribution in [0.15, 0.2) is 54.6 Å². The summed E-state index contributed by atoms with van der Waals surface area (Å²) in [4.78, 5) is 19.8. The Labute approximate surface area is 191 Å². The number of hydrogen-bond acceptors (Lipinski definition) is 3. The molecule has 2 aliphatic heterocycles. The quantitative estimate of drug-likeness (QED) is 0.756. The predicted molar refractivity (Wildman–Crippen MR) is 126 cm³/mol. The molecule has 0 atom stereocenters. The van der Waals surface area contributed by atoms with Gasteiger partial charge in [-0.3, -0.25) is 9.80 Å². The molecular formula is C25H33ClN4O. The van der Waals surface area contributed by atoms with E-state index in [0.717, 1.165) is 76.6 Å². The lowest BCUT2D eigenvalue weighted by molar-refractivity contribution is 0.169. The predicted octanol–water partition coefficient (Wildman–Crippen LogP) is 4.22. The van der Waals surface area contributed by atoms with Gasteiger partial charge in [-0.25, -0.2) is 4.79 Å². The Kier molecular flexibility index (Phi) is 7.84. The van der Waals surface area contributed by atoms with E-state index in [1.807, 2.05) is 17.0 Å². The summed E-state index contributed by atoms with van der Waals surface area (Å²) in [6.45, 7) is 7.55. The molecule has 2 aromatic rings. The Balaban J connectivity index is 1.19. The molecule has 0 unspecified atom stereocenters. The monoisotopic (exact) mass is 440 g/mol. The number of halogens is 1. The second-order valence-electron chi connectivity index (χ2n) is 8.73. The first-order chi connectivity index (χ1) is 15.2. The van der Waals surface area contributed by atoms with E-state index < -0.39 is 0 Å². The molecule has 0 bridgehead atoms. The van der Waals surface area contributed by atoms with Crippen molar-refractivity contribution in [2.24, 2.45) is 0 Å². The lowest BCUT2D eigenvalue weighted by Crippen LogP contribution is -2.49. The molecular weight excluding hydrogens is 408 g/mol. The molecule has 1 N–H and O–H groups in total. The normalized spacial score (nSPS) is 19.2. The molecule has 4 rings (SSSR count). The highest BCUT2D eigenvalue weighted by atomic mass is 35.5. The van der Waals surface area contributed by atoms with Gasteiger partial charge in [-0.05, 0) is 42.5 Å². The molecule has 6 heteroatoms. The van der Waals surface area contributed by atoms with E-state index in [1.54, 1.807) is 0 Å². The number of hydrogen-bond donors (Lipinski definition) is 1. The highest BCUT2D eigenvalue weighted by Gasteiger charge is 2.24. The lowest BCUT2D eigenvalue weighted by Gasteiger charge is -2.33. The van der Waals surface area contributed by atoms with Crippen LogP contribution in [0.3, 0.4) is 0 Å². The number of piperidine rings is 1. The van der Waals surface area contributed by atoms with Crippen LogP contribution in [-0.2, 0) is 13.1 Å². The summed E-state index contributed by atoms with van der Waals surface area (Å²) in [6.07, 6.45) is 3.04. The zero-order valence-corrected chi connectivity index (χ0v) is 18.9. The van der Waals surface area contributed by atoms with Crippen LogP contribution in [0.1, 0.15) is 30.4 Å². The first-order valence-electron chi connectivity index (χ1n) is 11.4. The minimum Gasteiger partial charge on any atom is -0.335 e. The smallest absolute Gasteiger partial charge is 0.317 e. The molecule has 0 saturated carbocycles. The van der Waals surface area contributed by atoms with Crippen molar-refractivity contribution in [1.82, 2.24) is 20.0 Å². The Morgan fingerprint density at radius 1 is 0.806 bits per heavy atom.